The van der Waals surface area contributed by atoms with Crippen molar-refractivity contribution in [2.75, 3.05) is 12.0 Å². The van der Waals surface area contributed by atoms with E-state index in [-0.39, 0.29) is 17.3 Å². The zero-order chi connectivity index (χ0) is 10.7. The second kappa shape index (κ2) is 4.46. The summed E-state index contributed by atoms with van der Waals surface area (Å²) in [6.45, 7) is 1.75. The van der Waals surface area contributed by atoms with Gasteiger partial charge in [0.2, 0.25) is 0 Å². The summed E-state index contributed by atoms with van der Waals surface area (Å²) in [6.07, 6.45) is 2.14. The van der Waals surface area contributed by atoms with Gasteiger partial charge < -0.3 is 5.73 Å². The molecule has 2 N–H and O–H groups in total. The lowest BCUT2D eigenvalue weighted by Gasteiger charge is -2.06. The quantitative estimate of drug-likeness (QED) is 0.477. The fourth-order valence-corrected chi connectivity index (χ4v) is 1.65. The summed E-state index contributed by atoms with van der Waals surface area (Å²) in [5.41, 5.74) is 6.18. The predicted molar refractivity (Wildman–Crippen MR) is 57.2 cm³/mol. The fraction of sp³-hybridized carbons (Fsp3) is 0.300. The second-order valence-electron chi connectivity index (χ2n) is 2.85. The van der Waals surface area contributed by atoms with Gasteiger partial charge >= 0.3 is 0 Å². The molecule has 0 aliphatic rings. The van der Waals surface area contributed by atoms with Gasteiger partial charge in [-0.1, -0.05) is 6.92 Å². The van der Waals surface area contributed by atoms with Crippen LogP contribution in [-0.4, -0.2) is 12.0 Å². The van der Waals surface area contributed by atoms with Gasteiger partial charge in [0.1, 0.15) is 5.82 Å². The Morgan fingerprint density at radius 1 is 1.57 bits per heavy atom. The van der Waals surface area contributed by atoms with Gasteiger partial charge in [-0.15, -0.1) is 11.8 Å². The Morgan fingerprint density at radius 3 is 2.71 bits per heavy atom. The number of rotatable bonds is 3. The van der Waals surface area contributed by atoms with E-state index in [1.54, 1.807) is 13.2 Å². The molecule has 0 amide bonds. The van der Waals surface area contributed by atoms with Gasteiger partial charge in [0.25, 0.3) is 0 Å². The van der Waals surface area contributed by atoms with Gasteiger partial charge in [-0.25, -0.2) is 4.39 Å². The normalized spacial score (nSPS) is 10.2. The molecule has 1 rings (SSSR count). The van der Waals surface area contributed by atoms with Crippen LogP contribution in [0.3, 0.4) is 0 Å². The molecule has 0 unspecified atom stereocenters. The van der Waals surface area contributed by atoms with E-state index >= 15 is 0 Å². The highest BCUT2D eigenvalue weighted by Crippen LogP contribution is 2.25. The predicted octanol–water partition coefficient (Wildman–Crippen LogP) is 2.72. The average Bonchev–Trinajstić information content (AvgIpc) is 2.17. The first-order valence-electron chi connectivity index (χ1n) is 4.26. The molecule has 1 aromatic rings. The molecule has 0 spiro atoms. The third-order valence-electron chi connectivity index (χ3n) is 1.95. The van der Waals surface area contributed by atoms with E-state index in [4.69, 9.17) is 5.73 Å². The summed E-state index contributed by atoms with van der Waals surface area (Å²) in [5.74, 6) is -0.430. The number of Topliss-reactive ketones (excluding diaryl/α,β-unsaturated/α-hetero) is 1. The molecular formula is C10H12FNOS. The van der Waals surface area contributed by atoms with Gasteiger partial charge in [-0.3, -0.25) is 4.79 Å². The van der Waals surface area contributed by atoms with Crippen molar-refractivity contribution in [3.05, 3.63) is 23.5 Å². The van der Waals surface area contributed by atoms with Crippen LogP contribution in [0.1, 0.15) is 23.7 Å². The average molecular weight is 213 g/mol. The van der Waals surface area contributed by atoms with E-state index in [0.29, 0.717) is 16.9 Å². The molecule has 0 aliphatic carbocycles. The first kappa shape index (κ1) is 11.0. The lowest BCUT2D eigenvalue weighted by Crippen LogP contribution is -2.03. The lowest BCUT2D eigenvalue weighted by molar-refractivity contribution is 0.0989. The summed E-state index contributed by atoms with van der Waals surface area (Å²) in [4.78, 5) is 11.9. The Hall–Kier alpha value is -1.03. The zero-order valence-corrected chi connectivity index (χ0v) is 8.95. The first-order chi connectivity index (χ1) is 6.60. The maximum absolute atomic E-state index is 13.2. The topological polar surface area (TPSA) is 43.1 Å². The van der Waals surface area contributed by atoms with E-state index in [1.807, 2.05) is 0 Å². The molecule has 4 heteroatoms. The Morgan fingerprint density at radius 2 is 2.21 bits per heavy atom. The summed E-state index contributed by atoms with van der Waals surface area (Å²) in [6, 6.07) is 2.72. The summed E-state index contributed by atoms with van der Waals surface area (Å²) < 4.78 is 13.2. The van der Waals surface area contributed by atoms with Gasteiger partial charge in [0.05, 0.1) is 0 Å². The molecule has 0 saturated heterocycles. The molecule has 2 nitrogen and oxygen atoms in total. The molecular weight excluding hydrogens is 201 g/mol. The van der Waals surface area contributed by atoms with Crippen molar-refractivity contribution < 1.29 is 9.18 Å². The molecule has 76 valence electrons. The number of benzene rings is 1. The molecule has 0 bridgehead atoms. The Labute approximate surface area is 86.7 Å². The number of nitrogen functional groups attached to an aromatic ring is 1. The molecule has 0 saturated carbocycles. The zero-order valence-electron chi connectivity index (χ0n) is 8.13. The number of ketones is 1. The number of carbonyl (C=O) groups is 1. The van der Waals surface area contributed by atoms with Crippen molar-refractivity contribution in [2.24, 2.45) is 0 Å². The number of carbonyl (C=O) groups excluding carboxylic acids is 1. The summed E-state index contributed by atoms with van der Waals surface area (Å²) in [5, 5.41) is 0. The number of anilines is 1. The van der Waals surface area contributed by atoms with E-state index in [9.17, 15) is 9.18 Å². The SMILES string of the molecule is CCC(=O)c1cc(SC)c(F)cc1N. The van der Waals surface area contributed by atoms with Crippen LogP contribution in [0.2, 0.25) is 0 Å². The summed E-state index contributed by atoms with van der Waals surface area (Å²) >= 11 is 1.26. The number of hydrogen-bond donors (Lipinski definition) is 1. The van der Waals surface area contributed by atoms with Crippen LogP contribution in [-0.2, 0) is 0 Å². The molecule has 0 radical (unpaired) electrons. The molecule has 0 fully saturated rings. The van der Waals surface area contributed by atoms with Crippen molar-refractivity contribution in [3.63, 3.8) is 0 Å². The van der Waals surface area contributed by atoms with E-state index in [0.717, 1.165) is 0 Å². The molecule has 1 aromatic carbocycles. The Bertz CT molecular complexity index is 365. The summed E-state index contributed by atoms with van der Waals surface area (Å²) in [7, 11) is 0. The maximum Gasteiger partial charge on any atom is 0.164 e. The third-order valence-corrected chi connectivity index (χ3v) is 2.70. The number of thioether (sulfide) groups is 1. The minimum absolute atomic E-state index is 0.0576. The van der Waals surface area contributed by atoms with Crippen LogP contribution in [0.4, 0.5) is 10.1 Å². The molecule has 0 aromatic heterocycles. The Balaban J connectivity index is 3.24. The maximum atomic E-state index is 13.2. The third kappa shape index (κ3) is 2.07. The smallest absolute Gasteiger partial charge is 0.164 e. The highest BCUT2D eigenvalue weighted by atomic mass is 32.2. The Kier molecular flexibility index (Phi) is 3.52. The number of nitrogens with two attached hydrogens (primary N) is 1. The highest BCUT2D eigenvalue weighted by Gasteiger charge is 2.11. The molecule has 0 atom stereocenters. The van der Waals surface area contributed by atoms with Crippen LogP contribution in [0.5, 0.6) is 0 Å². The fourth-order valence-electron chi connectivity index (χ4n) is 1.16. The molecule has 0 heterocycles. The van der Waals surface area contributed by atoms with Gasteiger partial charge in [-0.05, 0) is 18.4 Å². The van der Waals surface area contributed by atoms with Crippen molar-refractivity contribution >= 4 is 23.2 Å². The largest absolute Gasteiger partial charge is 0.398 e. The van der Waals surface area contributed by atoms with Crippen LogP contribution in [0.25, 0.3) is 0 Å². The molecule has 14 heavy (non-hydrogen) atoms. The van der Waals surface area contributed by atoms with E-state index < -0.39 is 0 Å². The van der Waals surface area contributed by atoms with Crippen molar-refractivity contribution in [3.8, 4) is 0 Å². The van der Waals surface area contributed by atoms with Gasteiger partial charge in [-0.2, -0.15) is 0 Å². The number of hydrogen-bond acceptors (Lipinski definition) is 3. The van der Waals surface area contributed by atoms with Gasteiger partial charge in [0, 0.05) is 22.6 Å². The minimum atomic E-state index is -0.373. The van der Waals surface area contributed by atoms with Crippen molar-refractivity contribution in [2.45, 2.75) is 18.2 Å². The monoisotopic (exact) mass is 213 g/mol. The van der Waals surface area contributed by atoms with Crippen LogP contribution >= 0.6 is 11.8 Å². The van der Waals surface area contributed by atoms with Crippen molar-refractivity contribution in [1.82, 2.24) is 0 Å². The van der Waals surface area contributed by atoms with E-state index in [2.05, 4.69) is 0 Å². The minimum Gasteiger partial charge on any atom is -0.398 e. The van der Waals surface area contributed by atoms with Crippen LogP contribution in [0, 0.1) is 5.82 Å². The van der Waals surface area contributed by atoms with E-state index in [1.165, 1.54) is 23.9 Å². The van der Waals surface area contributed by atoms with Gasteiger partial charge in [0.15, 0.2) is 5.78 Å². The number of halogens is 1. The first-order valence-corrected chi connectivity index (χ1v) is 5.48. The van der Waals surface area contributed by atoms with Crippen molar-refractivity contribution in [1.29, 1.82) is 0 Å². The standard InChI is InChI=1S/C10H12FNOS/c1-3-9(13)6-4-10(14-2)7(11)5-8(6)12/h4-5H,3,12H2,1-2H3. The highest BCUT2D eigenvalue weighted by molar-refractivity contribution is 7.98. The van der Waals surface area contributed by atoms with Crippen LogP contribution < -0.4 is 5.73 Å². The second-order valence-corrected chi connectivity index (χ2v) is 3.70. The van der Waals surface area contributed by atoms with Crippen LogP contribution in [0.15, 0.2) is 17.0 Å². The lowest BCUT2D eigenvalue weighted by atomic mass is 10.1. The molecule has 0 aliphatic heterocycles.